The van der Waals surface area contributed by atoms with Crippen LogP contribution in [0.4, 0.5) is 0 Å². The van der Waals surface area contributed by atoms with E-state index in [1.54, 1.807) is 7.05 Å². The molecule has 1 heterocycles. The number of fused-ring (bicyclic) bond motifs is 1. The van der Waals surface area contributed by atoms with Gasteiger partial charge in [0.15, 0.2) is 4.80 Å². The first kappa shape index (κ1) is 24.9. The first-order valence-electron chi connectivity index (χ1n) is 10.9. The Morgan fingerprint density at radius 1 is 1.21 bits per heavy atom. The van der Waals surface area contributed by atoms with Gasteiger partial charge in [0.1, 0.15) is 0 Å². The topological polar surface area (TPSA) is 71.7 Å². The van der Waals surface area contributed by atoms with Crippen LogP contribution >= 0.6 is 11.3 Å². The van der Waals surface area contributed by atoms with Crippen LogP contribution in [-0.2, 0) is 16.6 Å². The Labute approximate surface area is 199 Å². The second-order valence-electron chi connectivity index (χ2n) is 8.18. The first-order valence-corrected chi connectivity index (χ1v) is 13.2. The minimum absolute atomic E-state index is 0.156. The molecular weight excluding hydrogens is 454 g/mol. The van der Waals surface area contributed by atoms with Gasteiger partial charge >= 0.3 is 0 Å². The highest BCUT2D eigenvalue weighted by molar-refractivity contribution is 7.89. The molecule has 174 valence electrons. The quantitative estimate of drug-likeness (QED) is 0.439. The van der Waals surface area contributed by atoms with Crippen LogP contribution in [0.3, 0.4) is 0 Å². The number of thiazole rings is 1. The van der Waals surface area contributed by atoms with Gasteiger partial charge in [-0.15, -0.1) is 6.42 Å². The smallest absolute Gasteiger partial charge is 0.279 e. The van der Waals surface area contributed by atoms with Crippen LogP contribution in [0.2, 0.25) is 0 Å². The fourth-order valence-corrected chi connectivity index (χ4v) is 5.67. The third kappa shape index (κ3) is 5.44. The molecule has 1 aromatic heterocycles. The lowest BCUT2D eigenvalue weighted by molar-refractivity contribution is 0.0998. The van der Waals surface area contributed by atoms with Crippen molar-refractivity contribution in [1.29, 1.82) is 0 Å². The summed E-state index contributed by atoms with van der Waals surface area (Å²) in [5.74, 6) is 2.57. The zero-order chi connectivity index (χ0) is 24.2. The van der Waals surface area contributed by atoms with Crippen LogP contribution in [0.15, 0.2) is 52.4 Å². The van der Waals surface area contributed by atoms with Crippen molar-refractivity contribution in [3.8, 4) is 12.3 Å². The van der Waals surface area contributed by atoms with E-state index in [-0.39, 0.29) is 4.90 Å². The Kier molecular flexibility index (Phi) is 7.90. The predicted molar refractivity (Wildman–Crippen MR) is 134 cm³/mol. The Morgan fingerprint density at radius 2 is 1.91 bits per heavy atom. The molecule has 0 unspecified atom stereocenters. The van der Waals surface area contributed by atoms with E-state index >= 15 is 0 Å². The molecule has 0 spiro atoms. The molecule has 0 radical (unpaired) electrons. The number of nitrogens with zero attached hydrogens (tertiary/aromatic N) is 3. The van der Waals surface area contributed by atoms with Crippen LogP contribution in [0, 0.1) is 12.3 Å². The lowest BCUT2D eigenvalue weighted by Gasteiger charge is -2.16. The zero-order valence-electron chi connectivity index (χ0n) is 19.4. The van der Waals surface area contributed by atoms with E-state index in [4.69, 9.17) is 6.42 Å². The highest BCUT2D eigenvalue weighted by Crippen LogP contribution is 2.24. The molecule has 33 heavy (non-hydrogen) atoms. The number of aromatic nitrogens is 1. The normalized spacial score (nSPS) is 12.6. The summed E-state index contributed by atoms with van der Waals surface area (Å²) in [5.41, 5.74) is 2.46. The summed E-state index contributed by atoms with van der Waals surface area (Å²) >= 11 is 1.41. The molecule has 0 atom stereocenters. The maximum Gasteiger partial charge on any atom is 0.279 e. The summed E-state index contributed by atoms with van der Waals surface area (Å²) in [5, 5.41) is 0. The number of hydrogen-bond donors (Lipinski definition) is 0. The van der Waals surface area contributed by atoms with Gasteiger partial charge in [0, 0.05) is 19.2 Å². The molecule has 0 fully saturated rings. The molecule has 0 aliphatic heterocycles. The molecule has 6 nitrogen and oxygen atoms in total. The number of benzene rings is 2. The fraction of sp³-hybridized carbons (Fsp3) is 0.360. The van der Waals surface area contributed by atoms with Crippen LogP contribution in [0.5, 0.6) is 0 Å². The van der Waals surface area contributed by atoms with Crippen LogP contribution in [-0.4, -0.2) is 36.8 Å². The van der Waals surface area contributed by atoms with Crippen molar-refractivity contribution >= 4 is 37.5 Å². The van der Waals surface area contributed by atoms with Crippen LogP contribution in [0.1, 0.15) is 55.5 Å². The molecule has 3 aromatic rings. The second kappa shape index (κ2) is 10.5. The highest BCUT2D eigenvalue weighted by atomic mass is 32.2. The minimum Gasteiger partial charge on any atom is -0.305 e. The van der Waals surface area contributed by atoms with Gasteiger partial charge in [-0.1, -0.05) is 50.5 Å². The fourth-order valence-electron chi connectivity index (χ4n) is 3.38. The number of carbonyl (C=O) groups is 1. The summed E-state index contributed by atoms with van der Waals surface area (Å²) in [7, 11) is -2.02. The number of rotatable bonds is 8. The number of unbranched alkanes of at least 4 members (excludes halogenated alkanes) is 1. The lowest BCUT2D eigenvalue weighted by Crippen LogP contribution is -2.27. The van der Waals surface area contributed by atoms with E-state index in [0.29, 0.717) is 29.4 Å². The average molecular weight is 484 g/mol. The molecule has 8 heteroatoms. The Balaban J connectivity index is 1.95. The largest absolute Gasteiger partial charge is 0.305 e. The van der Waals surface area contributed by atoms with E-state index < -0.39 is 15.9 Å². The van der Waals surface area contributed by atoms with Gasteiger partial charge in [0.25, 0.3) is 5.91 Å². The zero-order valence-corrected chi connectivity index (χ0v) is 21.0. The van der Waals surface area contributed by atoms with Gasteiger partial charge in [-0.2, -0.15) is 4.99 Å². The van der Waals surface area contributed by atoms with Crippen molar-refractivity contribution in [2.45, 2.75) is 51.0 Å². The van der Waals surface area contributed by atoms with Gasteiger partial charge in [0.05, 0.1) is 21.7 Å². The Bertz CT molecular complexity index is 1360. The summed E-state index contributed by atoms with van der Waals surface area (Å²) in [6.45, 7) is 7.02. The molecule has 0 N–H and O–H groups in total. The second-order valence-corrected chi connectivity index (χ2v) is 11.2. The minimum atomic E-state index is -3.59. The molecule has 1 amide bonds. The van der Waals surface area contributed by atoms with Gasteiger partial charge < -0.3 is 4.57 Å². The molecule has 2 aromatic carbocycles. The molecule has 3 rings (SSSR count). The predicted octanol–water partition coefficient (Wildman–Crippen LogP) is 4.62. The van der Waals surface area contributed by atoms with Crippen molar-refractivity contribution in [2.24, 2.45) is 4.99 Å². The molecule has 0 saturated heterocycles. The number of hydrogen-bond acceptors (Lipinski definition) is 4. The molecule has 0 bridgehead atoms. The summed E-state index contributed by atoms with van der Waals surface area (Å²) in [6, 6.07) is 12.1. The first-order chi connectivity index (χ1) is 15.7. The third-order valence-electron chi connectivity index (χ3n) is 5.46. The number of carbonyl (C=O) groups excluding carboxylic acids is 1. The van der Waals surface area contributed by atoms with Crippen LogP contribution in [0.25, 0.3) is 10.2 Å². The summed E-state index contributed by atoms with van der Waals surface area (Å²) in [6.07, 6.45) is 7.25. The summed E-state index contributed by atoms with van der Waals surface area (Å²) < 4.78 is 29.6. The van der Waals surface area contributed by atoms with E-state index in [1.165, 1.54) is 45.5 Å². The number of amides is 1. The lowest BCUT2D eigenvalue weighted by atomic mass is 10.0. The Morgan fingerprint density at radius 3 is 2.52 bits per heavy atom. The maximum absolute atomic E-state index is 12.9. The SMILES string of the molecule is C#CCn1c(=NC(=O)c2ccc(S(=O)(=O)N(C)CCCC)cc2)sc2cc(C(C)C)ccc21. The van der Waals surface area contributed by atoms with E-state index in [0.717, 1.165) is 23.1 Å². The standard InChI is InChI=1S/C25H29N3O3S2/c1-6-8-16-27(5)33(30,31)21-12-9-19(10-13-21)24(29)26-25-28(15-7-2)22-14-11-20(18(3)4)17-23(22)32-25/h2,9-14,17-18H,6,8,15-16H2,1,3-5H3. The van der Waals surface area contributed by atoms with E-state index in [2.05, 4.69) is 36.9 Å². The number of sulfonamides is 1. The summed E-state index contributed by atoms with van der Waals surface area (Å²) in [4.78, 5) is 17.9. The molecule has 0 saturated carbocycles. The van der Waals surface area contributed by atoms with Crippen LogP contribution < -0.4 is 4.80 Å². The van der Waals surface area contributed by atoms with Gasteiger partial charge in [0.2, 0.25) is 10.0 Å². The van der Waals surface area contributed by atoms with Crippen molar-refractivity contribution in [1.82, 2.24) is 8.87 Å². The highest BCUT2D eigenvalue weighted by Gasteiger charge is 2.20. The molecule has 0 aliphatic carbocycles. The Hall–Kier alpha value is -2.73. The van der Waals surface area contributed by atoms with E-state index in [9.17, 15) is 13.2 Å². The van der Waals surface area contributed by atoms with Crippen molar-refractivity contribution in [2.75, 3.05) is 13.6 Å². The van der Waals surface area contributed by atoms with Crippen molar-refractivity contribution in [3.63, 3.8) is 0 Å². The van der Waals surface area contributed by atoms with Gasteiger partial charge in [-0.25, -0.2) is 12.7 Å². The third-order valence-corrected chi connectivity index (χ3v) is 8.37. The van der Waals surface area contributed by atoms with E-state index in [1.807, 2.05) is 17.6 Å². The average Bonchev–Trinajstić information content (AvgIpc) is 3.13. The van der Waals surface area contributed by atoms with Crippen molar-refractivity contribution in [3.05, 3.63) is 58.4 Å². The maximum atomic E-state index is 12.9. The van der Waals surface area contributed by atoms with Crippen molar-refractivity contribution < 1.29 is 13.2 Å². The monoisotopic (exact) mass is 483 g/mol. The van der Waals surface area contributed by atoms with Gasteiger partial charge in [-0.05, 0) is 54.3 Å². The molecule has 0 aliphatic rings. The number of terminal acetylenes is 1. The van der Waals surface area contributed by atoms with Gasteiger partial charge in [-0.3, -0.25) is 4.79 Å². The molecular formula is C25H29N3O3S2.